The number of aliphatic hydroxyl groups is 1. The fourth-order valence-corrected chi connectivity index (χ4v) is 3.89. The number of rotatable bonds is 8. The molecule has 9 nitrogen and oxygen atoms in total. The van der Waals surface area contributed by atoms with Crippen molar-refractivity contribution in [3.8, 4) is 11.5 Å². The molecule has 0 amide bonds. The SMILES string of the molecule is CS(=O)(=O)c1ccc(Nc2ncc(-c3ncco3)c(N[C@H](CO)c3ccccc3)n2)cc1F. The Morgan fingerprint density at radius 3 is 2.58 bits per heavy atom. The number of nitrogens with one attached hydrogen (secondary N) is 2. The van der Waals surface area contributed by atoms with Crippen LogP contribution in [0.3, 0.4) is 0 Å². The summed E-state index contributed by atoms with van der Waals surface area (Å²) in [5, 5.41) is 16.0. The first-order valence-electron chi connectivity index (χ1n) is 9.81. The number of hydrogen-bond acceptors (Lipinski definition) is 9. The zero-order valence-corrected chi connectivity index (χ0v) is 18.3. The van der Waals surface area contributed by atoms with E-state index < -0.39 is 26.6 Å². The monoisotopic (exact) mass is 469 g/mol. The van der Waals surface area contributed by atoms with Crippen LogP contribution in [0, 0.1) is 5.82 Å². The first-order valence-corrected chi connectivity index (χ1v) is 11.7. The Labute approximate surface area is 189 Å². The van der Waals surface area contributed by atoms with E-state index in [2.05, 4.69) is 25.6 Å². The molecule has 33 heavy (non-hydrogen) atoms. The molecule has 2 aromatic carbocycles. The predicted octanol–water partition coefficient (Wildman–Crippen LogP) is 3.56. The van der Waals surface area contributed by atoms with Gasteiger partial charge >= 0.3 is 0 Å². The fourth-order valence-electron chi connectivity index (χ4n) is 3.16. The van der Waals surface area contributed by atoms with Crippen LogP contribution in [0.25, 0.3) is 11.5 Å². The van der Waals surface area contributed by atoms with E-state index in [-0.39, 0.29) is 24.1 Å². The smallest absolute Gasteiger partial charge is 0.231 e. The number of halogens is 1. The second-order valence-electron chi connectivity index (χ2n) is 7.13. The van der Waals surface area contributed by atoms with E-state index in [1.54, 1.807) is 0 Å². The van der Waals surface area contributed by atoms with Gasteiger partial charge in [0.2, 0.25) is 11.8 Å². The number of oxazole rings is 1. The van der Waals surface area contributed by atoms with Crippen molar-refractivity contribution in [1.82, 2.24) is 15.0 Å². The molecule has 0 aliphatic heterocycles. The van der Waals surface area contributed by atoms with Crippen LogP contribution in [-0.4, -0.2) is 41.3 Å². The molecule has 1 atom stereocenters. The van der Waals surface area contributed by atoms with Crippen LogP contribution in [0.2, 0.25) is 0 Å². The molecule has 0 radical (unpaired) electrons. The highest BCUT2D eigenvalue weighted by atomic mass is 32.2. The average molecular weight is 469 g/mol. The summed E-state index contributed by atoms with van der Waals surface area (Å²) in [5.41, 5.74) is 1.56. The Kier molecular flexibility index (Phi) is 6.33. The molecule has 0 spiro atoms. The van der Waals surface area contributed by atoms with Gasteiger partial charge in [-0.05, 0) is 23.8 Å². The van der Waals surface area contributed by atoms with E-state index in [1.165, 1.54) is 30.8 Å². The third-order valence-electron chi connectivity index (χ3n) is 4.73. The van der Waals surface area contributed by atoms with Gasteiger partial charge in [0.15, 0.2) is 9.84 Å². The Morgan fingerprint density at radius 1 is 1.15 bits per heavy atom. The third-order valence-corrected chi connectivity index (χ3v) is 5.86. The van der Waals surface area contributed by atoms with Gasteiger partial charge in [0.25, 0.3) is 0 Å². The maximum Gasteiger partial charge on any atom is 0.231 e. The first-order chi connectivity index (χ1) is 15.8. The summed E-state index contributed by atoms with van der Waals surface area (Å²) in [4.78, 5) is 12.4. The highest BCUT2D eigenvalue weighted by Gasteiger charge is 2.19. The topological polar surface area (TPSA) is 130 Å². The Hall–Kier alpha value is -3.83. The van der Waals surface area contributed by atoms with E-state index in [0.29, 0.717) is 11.4 Å². The maximum atomic E-state index is 14.3. The zero-order chi connectivity index (χ0) is 23.4. The molecule has 2 heterocycles. The molecule has 0 aliphatic rings. The number of aliphatic hydroxyl groups excluding tert-OH is 1. The summed E-state index contributed by atoms with van der Waals surface area (Å²) in [6.45, 7) is -0.208. The highest BCUT2D eigenvalue weighted by Crippen LogP contribution is 2.29. The molecule has 0 bridgehead atoms. The maximum absolute atomic E-state index is 14.3. The fraction of sp³-hybridized carbons (Fsp3) is 0.136. The van der Waals surface area contributed by atoms with Crippen molar-refractivity contribution in [1.29, 1.82) is 0 Å². The van der Waals surface area contributed by atoms with Gasteiger partial charge in [0, 0.05) is 18.1 Å². The van der Waals surface area contributed by atoms with Gasteiger partial charge in [-0.25, -0.2) is 22.8 Å². The number of benzene rings is 2. The van der Waals surface area contributed by atoms with Crippen molar-refractivity contribution in [2.45, 2.75) is 10.9 Å². The molecule has 11 heteroatoms. The Morgan fingerprint density at radius 2 is 1.94 bits per heavy atom. The number of nitrogens with zero attached hydrogens (tertiary/aromatic N) is 3. The zero-order valence-electron chi connectivity index (χ0n) is 17.4. The molecule has 4 aromatic rings. The average Bonchev–Trinajstić information content (AvgIpc) is 3.32. The first kappa shape index (κ1) is 22.4. The van der Waals surface area contributed by atoms with Crippen LogP contribution in [0.15, 0.2) is 76.5 Å². The molecule has 3 N–H and O–H groups in total. The molecule has 170 valence electrons. The van der Waals surface area contributed by atoms with Crippen molar-refractivity contribution in [2.24, 2.45) is 0 Å². The predicted molar refractivity (Wildman–Crippen MR) is 120 cm³/mol. The number of sulfone groups is 1. The van der Waals surface area contributed by atoms with Gasteiger partial charge in [0.1, 0.15) is 22.8 Å². The molecule has 2 aromatic heterocycles. The van der Waals surface area contributed by atoms with Crippen LogP contribution in [0.1, 0.15) is 11.6 Å². The van der Waals surface area contributed by atoms with Gasteiger partial charge in [-0.15, -0.1) is 0 Å². The minimum atomic E-state index is -3.69. The van der Waals surface area contributed by atoms with Gasteiger partial charge in [-0.1, -0.05) is 30.3 Å². The molecule has 0 unspecified atom stereocenters. The van der Waals surface area contributed by atoms with Crippen LogP contribution in [0.4, 0.5) is 21.8 Å². The normalized spacial score (nSPS) is 12.3. The molecule has 0 fully saturated rings. The standard InChI is InChI=1S/C22H20FN5O4S/c1-33(30,31)19-8-7-15(11-17(19)23)26-22-25-12-16(21-24-9-10-32-21)20(28-22)27-18(13-29)14-5-3-2-4-6-14/h2-12,18,29H,13H2,1H3,(H2,25,26,27,28)/t18-/m1/s1. The minimum absolute atomic E-state index is 0.115. The van der Waals surface area contributed by atoms with Crippen LogP contribution >= 0.6 is 0 Å². The van der Waals surface area contributed by atoms with Gasteiger partial charge in [0.05, 0.1) is 24.4 Å². The largest absolute Gasteiger partial charge is 0.444 e. The quantitative estimate of drug-likeness (QED) is 0.354. The van der Waals surface area contributed by atoms with Gasteiger partial charge < -0.3 is 20.2 Å². The third kappa shape index (κ3) is 5.16. The molecule has 0 saturated carbocycles. The summed E-state index contributed by atoms with van der Waals surface area (Å²) >= 11 is 0. The van der Waals surface area contributed by atoms with Crippen molar-refractivity contribution in [3.05, 3.63) is 78.6 Å². The van der Waals surface area contributed by atoms with Crippen LogP contribution in [0.5, 0.6) is 0 Å². The summed E-state index contributed by atoms with van der Waals surface area (Å²) in [5.74, 6) is -0.172. The second-order valence-corrected chi connectivity index (χ2v) is 9.11. The van der Waals surface area contributed by atoms with E-state index in [4.69, 9.17) is 4.42 Å². The van der Waals surface area contributed by atoms with Crippen molar-refractivity contribution < 1.29 is 22.3 Å². The van der Waals surface area contributed by atoms with Gasteiger partial charge in [-0.2, -0.15) is 4.98 Å². The molecular formula is C22H20FN5O4S. The van der Waals surface area contributed by atoms with E-state index >= 15 is 0 Å². The van der Waals surface area contributed by atoms with Crippen LogP contribution < -0.4 is 10.6 Å². The molecule has 0 aliphatic carbocycles. The number of anilines is 3. The lowest BCUT2D eigenvalue weighted by molar-refractivity contribution is 0.276. The lowest BCUT2D eigenvalue weighted by Gasteiger charge is -2.19. The summed E-state index contributed by atoms with van der Waals surface area (Å²) in [7, 11) is -3.69. The summed E-state index contributed by atoms with van der Waals surface area (Å²) in [6, 6.07) is 12.5. The lowest BCUT2D eigenvalue weighted by atomic mass is 10.1. The number of hydrogen-bond donors (Lipinski definition) is 3. The molecule has 4 rings (SSSR count). The number of aromatic nitrogens is 3. The van der Waals surface area contributed by atoms with E-state index in [9.17, 15) is 17.9 Å². The summed E-state index contributed by atoms with van der Waals surface area (Å²) in [6.07, 6.45) is 5.31. The van der Waals surface area contributed by atoms with Crippen LogP contribution in [-0.2, 0) is 9.84 Å². The molecular weight excluding hydrogens is 449 g/mol. The summed E-state index contributed by atoms with van der Waals surface area (Å²) < 4.78 is 42.9. The Bertz CT molecular complexity index is 1350. The lowest BCUT2D eigenvalue weighted by Crippen LogP contribution is -2.17. The van der Waals surface area contributed by atoms with E-state index in [0.717, 1.165) is 17.9 Å². The van der Waals surface area contributed by atoms with E-state index in [1.807, 2.05) is 30.3 Å². The highest BCUT2D eigenvalue weighted by molar-refractivity contribution is 7.90. The van der Waals surface area contributed by atoms with Gasteiger partial charge in [-0.3, -0.25) is 0 Å². The molecule has 0 saturated heterocycles. The minimum Gasteiger partial charge on any atom is -0.444 e. The second kappa shape index (κ2) is 9.35. The van der Waals surface area contributed by atoms with Crippen molar-refractivity contribution >= 4 is 27.3 Å². The van der Waals surface area contributed by atoms with Crippen molar-refractivity contribution in [3.63, 3.8) is 0 Å². The van der Waals surface area contributed by atoms with Crippen molar-refractivity contribution in [2.75, 3.05) is 23.5 Å². The Balaban J connectivity index is 1.67.